The van der Waals surface area contributed by atoms with Gasteiger partial charge in [-0.15, -0.1) is 0 Å². The molecule has 1 aliphatic rings. The standard InChI is InChI=1S/C18H13Cl3N2O3/c19-12-7-11(8-13(20)16(12)21)17-22-14-9-10(1-2-15(14)26-17)18(24)23-3-5-25-6-4-23/h1-2,7-9H,3-6H2. The van der Waals surface area contributed by atoms with E-state index < -0.39 is 0 Å². The fourth-order valence-corrected chi connectivity index (χ4v) is 3.41. The van der Waals surface area contributed by atoms with Gasteiger partial charge >= 0.3 is 0 Å². The van der Waals surface area contributed by atoms with Crippen molar-refractivity contribution in [1.29, 1.82) is 0 Å². The number of carbonyl (C=O) groups is 1. The molecule has 0 N–H and O–H groups in total. The number of hydrogen-bond donors (Lipinski definition) is 0. The predicted molar refractivity (Wildman–Crippen MR) is 101 cm³/mol. The largest absolute Gasteiger partial charge is 0.436 e. The summed E-state index contributed by atoms with van der Waals surface area (Å²) in [6, 6.07) is 8.47. The van der Waals surface area contributed by atoms with Crippen molar-refractivity contribution in [2.75, 3.05) is 26.3 Å². The molecule has 1 saturated heterocycles. The number of amides is 1. The van der Waals surface area contributed by atoms with E-state index in [2.05, 4.69) is 4.98 Å². The first-order chi connectivity index (χ1) is 12.5. The smallest absolute Gasteiger partial charge is 0.254 e. The molecular weight excluding hydrogens is 399 g/mol. The lowest BCUT2D eigenvalue weighted by molar-refractivity contribution is 0.0303. The highest BCUT2D eigenvalue weighted by atomic mass is 35.5. The van der Waals surface area contributed by atoms with Gasteiger partial charge in [0, 0.05) is 24.2 Å². The van der Waals surface area contributed by atoms with E-state index in [0.29, 0.717) is 64.5 Å². The highest BCUT2D eigenvalue weighted by Gasteiger charge is 2.20. The van der Waals surface area contributed by atoms with Gasteiger partial charge < -0.3 is 14.1 Å². The monoisotopic (exact) mass is 410 g/mol. The van der Waals surface area contributed by atoms with Crippen LogP contribution in [0.5, 0.6) is 0 Å². The van der Waals surface area contributed by atoms with Crippen LogP contribution in [0.3, 0.4) is 0 Å². The second kappa shape index (κ2) is 7.08. The van der Waals surface area contributed by atoms with Crippen molar-refractivity contribution in [3.63, 3.8) is 0 Å². The van der Waals surface area contributed by atoms with Crippen molar-refractivity contribution < 1.29 is 13.9 Å². The number of benzene rings is 2. The summed E-state index contributed by atoms with van der Waals surface area (Å²) in [4.78, 5) is 18.8. The molecule has 0 atom stereocenters. The minimum absolute atomic E-state index is 0.0441. The van der Waals surface area contributed by atoms with E-state index in [-0.39, 0.29) is 10.9 Å². The molecule has 134 valence electrons. The lowest BCUT2D eigenvalue weighted by Crippen LogP contribution is -2.40. The molecule has 2 heterocycles. The average Bonchev–Trinajstić information content (AvgIpc) is 3.09. The van der Waals surface area contributed by atoms with E-state index in [1.807, 2.05) is 0 Å². The number of carbonyl (C=O) groups excluding carboxylic acids is 1. The van der Waals surface area contributed by atoms with Crippen LogP contribution in [-0.2, 0) is 4.74 Å². The summed E-state index contributed by atoms with van der Waals surface area (Å²) in [5.74, 6) is 0.314. The van der Waals surface area contributed by atoms with Crippen molar-refractivity contribution >= 4 is 51.8 Å². The van der Waals surface area contributed by atoms with Crippen LogP contribution >= 0.6 is 34.8 Å². The van der Waals surface area contributed by atoms with Gasteiger partial charge in [-0.05, 0) is 30.3 Å². The Bertz CT molecular complexity index is 974. The van der Waals surface area contributed by atoms with E-state index >= 15 is 0 Å². The number of aromatic nitrogens is 1. The molecule has 0 bridgehead atoms. The Morgan fingerprint density at radius 3 is 2.42 bits per heavy atom. The summed E-state index contributed by atoms with van der Waals surface area (Å²) in [6.07, 6.45) is 0. The number of hydrogen-bond acceptors (Lipinski definition) is 4. The third-order valence-electron chi connectivity index (χ3n) is 4.16. The van der Waals surface area contributed by atoms with Crippen LogP contribution in [0, 0.1) is 0 Å². The van der Waals surface area contributed by atoms with Gasteiger partial charge in [-0.3, -0.25) is 4.79 Å². The fourth-order valence-electron chi connectivity index (χ4n) is 2.81. The molecule has 0 saturated carbocycles. The third kappa shape index (κ3) is 3.28. The van der Waals surface area contributed by atoms with Gasteiger partial charge in [0.2, 0.25) is 5.89 Å². The molecule has 8 heteroatoms. The van der Waals surface area contributed by atoms with E-state index in [9.17, 15) is 4.79 Å². The van der Waals surface area contributed by atoms with Crippen molar-refractivity contribution in [3.8, 4) is 11.5 Å². The summed E-state index contributed by atoms with van der Waals surface area (Å²) in [5, 5.41) is 0.922. The summed E-state index contributed by atoms with van der Waals surface area (Å²) >= 11 is 18.1. The Labute approximate surface area is 164 Å². The Hall–Kier alpha value is -1.79. The van der Waals surface area contributed by atoms with E-state index in [0.717, 1.165) is 0 Å². The summed E-state index contributed by atoms with van der Waals surface area (Å²) in [7, 11) is 0. The number of fused-ring (bicyclic) bond motifs is 1. The SMILES string of the molecule is O=C(c1ccc2oc(-c3cc(Cl)c(Cl)c(Cl)c3)nc2c1)N1CCOCC1. The molecule has 0 aliphatic carbocycles. The van der Waals surface area contributed by atoms with E-state index in [1.165, 1.54) is 0 Å². The van der Waals surface area contributed by atoms with E-state index in [1.54, 1.807) is 35.2 Å². The molecule has 26 heavy (non-hydrogen) atoms. The Balaban J connectivity index is 1.69. The van der Waals surface area contributed by atoms with Gasteiger partial charge in [0.1, 0.15) is 5.52 Å². The van der Waals surface area contributed by atoms with Crippen LogP contribution in [0.2, 0.25) is 15.1 Å². The average molecular weight is 412 g/mol. The van der Waals surface area contributed by atoms with Crippen LogP contribution in [-0.4, -0.2) is 42.1 Å². The number of oxazole rings is 1. The molecule has 5 nitrogen and oxygen atoms in total. The third-order valence-corrected chi connectivity index (χ3v) is 5.36. The molecule has 0 unspecified atom stereocenters. The lowest BCUT2D eigenvalue weighted by Gasteiger charge is -2.26. The second-order valence-corrected chi connectivity index (χ2v) is 7.05. The van der Waals surface area contributed by atoms with Crippen LogP contribution in [0.1, 0.15) is 10.4 Å². The van der Waals surface area contributed by atoms with Crippen molar-refractivity contribution in [3.05, 3.63) is 51.0 Å². The maximum absolute atomic E-state index is 12.6. The molecule has 0 radical (unpaired) electrons. The molecule has 2 aromatic carbocycles. The van der Waals surface area contributed by atoms with Crippen molar-refractivity contribution in [2.24, 2.45) is 0 Å². The normalized spacial score (nSPS) is 14.8. The van der Waals surface area contributed by atoms with Gasteiger partial charge in [0.25, 0.3) is 5.91 Å². The van der Waals surface area contributed by atoms with Gasteiger partial charge in [0.15, 0.2) is 5.58 Å². The zero-order valence-electron chi connectivity index (χ0n) is 13.5. The van der Waals surface area contributed by atoms with Crippen LogP contribution in [0.25, 0.3) is 22.6 Å². The number of nitrogens with zero attached hydrogens (tertiary/aromatic N) is 2. The molecule has 1 fully saturated rings. The van der Waals surface area contributed by atoms with Gasteiger partial charge in [-0.2, -0.15) is 0 Å². The zero-order chi connectivity index (χ0) is 18.3. The fraction of sp³-hybridized carbons (Fsp3) is 0.222. The maximum atomic E-state index is 12.6. The number of halogens is 3. The maximum Gasteiger partial charge on any atom is 0.254 e. The molecular formula is C18H13Cl3N2O3. The first-order valence-corrected chi connectivity index (χ1v) is 9.09. The van der Waals surface area contributed by atoms with Gasteiger partial charge in [0.05, 0.1) is 28.3 Å². The van der Waals surface area contributed by atoms with Crippen LogP contribution < -0.4 is 0 Å². The molecule has 4 rings (SSSR count). The first kappa shape index (κ1) is 17.6. The van der Waals surface area contributed by atoms with Crippen LogP contribution in [0.15, 0.2) is 34.7 Å². The Kier molecular flexibility index (Phi) is 4.80. The molecule has 3 aromatic rings. The quantitative estimate of drug-likeness (QED) is 0.561. The van der Waals surface area contributed by atoms with E-state index in [4.69, 9.17) is 44.0 Å². The highest BCUT2D eigenvalue weighted by molar-refractivity contribution is 6.48. The topological polar surface area (TPSA) is 55.6 Å². The number of rotatable bonds is 2. The molecule has 1 amide bonds. The minimum Gasteiger partial charge on any atom is -0.436 e. The first-order valence-electron chi connectivity index (χ1n) is 7.95. The number of morpholine rings is 1. The lowest BCUT2D eigenvalue weighted by atomic mass is 10.1. The summed E-state index contributed by atoms with van der Waals surface area (Å²) < 4.78 is 11.1. The molecule has 1 aliphatic heterocycles. The summed E-state index contributed by atoms with van der Waals surface area (Å²) in [6.45, 7) is 2.28. The van der Waals surface area contributed by atoms with Crippen molar-refractivity contribution in [1.82, 2.24) is 9.88 Å². The van der Waals surface area contributed by atoms with Crippen molar-refractivity contribution in [2.45, 2.75) is 0 Å². The number of ether oxygens (including phenoxy) is 1. The molecule has 1 aromatic heterocycles. The molecule has 0 spiro atoms. The van der Waals surface area contributed by atoms with Crippen LogP contribution in [0.4, 0.5) is 0 Å². The summed E-state index contributed by atoms with van der Waals surface area (Å²) in [5.41, 5.74) is 2.33. The Morgan fingerprint density at radius 2 is 1.73 bits per heavy atom. The predicted octanol–water partition coefficient (Wildman–Crippen LogP) is 4.93. The zero-order valence-corrected chi connectivity index (χ0v) is 15.7. The van der Waals surface area contributed by atoms with Gasteiger partial charge in [-0.25, -0.2) is 4.98 Å². The Morgan fingerprint density at radius 1 is 1.04 bits per heavy atom. The minimum atomic E-state index is -0.0441. The van der Waals surface area contributed by atoms with Gasteiger partial charge in [-0.1, -0.05) is 34.8 Å². The highest BCUT2D eigenvalue weighted by Crippen LogP contribution is 2.35. The second-order valence-electron chi connectivity index (χ2n) is 5.86.